The van der Waals surface area contributed by atoms with E-state index in [0.717, 1.165) is 57.5 Å². The number of benzene rings is 2. The molecule has 1 aliphatic heterocycles. The fraction of sp³-hybridized carbons (Fsp3) is 0.480. The number of hydrogen-bond acceptors (Lipinski definition) is 4. The highest BCUT2D eigenvalue weighted by atomic mass is 19.1. The smallest absolute Gasteiger partial charge is 0.227 e. The highest BCUT2D eigenvalue weighted by molar-refractivity contribution is 5.92. The molecule has 4 rings (SSSR count). The fourth-order valence-electron chi connectivity index (χ4n) is 4.50. The highest BCUT2D eigenvalue weighted by Crippen LogP contribution is 2.29. The van der Waals surface area contributed by atoms with Gasteiger partial charge in [-0.15, -0.1) is 0 Å². The number of nitrogens with one attached hydrogen (secondary N) is 2. The zero-order valence-corrected chi connectivity index (χ0v) is 18.1. The topological polar surface area (TPSA) is 53.6 Å². The van der Waals surface area contributed by atoms with Gasteiger partial charge in [0.1, 0.15) is 11.6 Å². The molecule has 2 aliphatic rings. The zero-order valence-electron chi connectivity index (χ0n) is 18.1. The molecule has 0 bridgehead atoms. The lowest BCUT2D eigenvalue weighted by atomic mass is 9.86. The van der Waals surface area contributed by atoms with E-state index in [1.807, 2.05) is 12.1 Å². The van der Waals surface area contributed by atoms with Crippen LogP contribution in [-0.2, 0) is 11.3 Å². The molecule has 0 radical (unpaired) electrons. The van der Waals surface area contributed by atoms with Crippen LogP contribution in [0.3, 0.4) is 0 Å². The van der Waals surface area contributed by atoms with Crippen LogP contribution in [0.4, 0.5) is 10.1 Å². The van der Waals surface area contributed by atoms with Crippen molar-refractivity contribution in [2.75, 3.05) is 25.0 Å². The molecule has 6 heteroatoms. The normalized spacial score (nSPS) is 24.5. The molecule has 5 nitrogen and oxygen atoms in total. The number of nitrogens with zero attached hydrogens (tertiary/aromatic N) is 1. The first kappa shape index (κ1) is 21.8. The van der Waals surface area contributed by atoms with E-state index in [1.54, 1.807) is 12.1 Å². The molecule has 0 spiro atoms. The summed E-state index contributed by atoms with van der Waals surface area (Å²) in [5, 5.41) is 6.54. The van der Waals surface area contributed by atoms with Crippen molar-refractivity contribution in [3.05, 3.63) is 59.9 Å². The van der Waals surface area contributed by atoms with Gasteiger partial charge in [-0.05, 0) is 74.6 Å². The highest BCUT2D eigenvalue weighted by Gasteiger charge is 2.27. The second-order valence-corrected chi connectivity index (χ2v) is 8.82. The summed E-state index contributed by atoms with van der Waals surface area (Å²) < 4.78 is 19.0. The predicted molar refractivity (Wildman–Crippen MR) is 121 cm³/mol. The lowest BCUT2D eigenvalue weighted by Crippen LogP contribution is -2.48. The maximum Gasteiger partial charge on any atom is 0.227 e. The molecule has 1 amide bonds. The first-order chi connectivity index (χ1) is 15.0. The minimum Gasteiger partial charge on any atom is -0.490 e. The lowest BCUT2D eigenvalue weighted by Gasteiger charge is -2.31. The molecule has 166 valence electrons. The van der Waals surface area contributed by atoms with Crippen LogP contribution >= 0.6 is 0 Å². The third-order valence-corrected chi connectivity index (χ3v) is 6.24. The number of halogens is 1. The summed E-state index contributed by atoms with van der Waals surface area (Å²) in [6.45, 7) is 6.32. The van der Waals surface area contributed by atoms with E-state index < -0.39 is 0 Å². The third kappa shape index (κ3) is 6.28. The monoisotopic (exact) mass is 425 g/mol. The molecule has 2 aromatic rings. The summed E-state index contributed by atoms with van der Waals surface area (Å²) in [4.78, 5) is 15.2. The number of hydrogen-bond donors (Lipinski definition) is 2. The number of amides is 1. The van der Waals surface area contributed by atoms with Crippen LogP contribution < -0.4 is 15.4 Å². The van der Waals surface area contributed by atoms with Gasteiger partial charge in [-0.2, -0.15) is 0 Å². The molecule has 0 unspecified atom stereocenters. The maximum atomic E-state index is 13.0. The van der Waals surface area contributed by atoms with Gasteiger partial charge in [0, 0.05) is 43.8 Å². The van der Waals surface area contributed by atoms with Crippen LogP contribution in [0, 0.1) is 11.7 Å². The van der Waals surface area contributed by atoms with E-state index >= 15 is 0 Å². The standard InChI is InChI=1S/C25H32FN3O2/c1-18-16-29(15-14-27-18)17-19-2-8-22(9-3-19)28-25(30)20-4-10-23(11-5-20)31-24-12-6-21(26)7-13-24/h2-3,6-9,12-13,18,20,23,27H,4-5,10-11,14-17H2,1H3,(H,28,30)/t18-,20?,23?/m0/s1. The molecule has 2 N–H and O–H groups in total. The van der Waals surface area contributed by atoms with E-state index in [-0.39, 0.29) is 23.7 Å². The molecular weight excluding hydrogens is 393 g/mol. The van der Waals surface area contributed by atoms with Crippen molar-refractivity contribution in [2.45, 2.75) is 51.3 Å². The quantitative estimate of drug-likeness (QED) is 0.729. The first-order valence-corrected chi connectivity index (χ1v) is 11.3. The number of ether oxygens (including phenoxy) is 1. The van der Waals surface area contributed by atoms with Crippen molar-refractivity contribution in [1.82, 2.24) is 10.2 Å². The van der Waals surface area contributed by atoms with Crippen molar-refractivity contribution in [3.63, 3.8) is 0 Å². The van der Waals surface area contributed by atoms with Crippen molar-refractivity contribution in [1.29, 1.82) is 0 Å². The average molecular weight is 426 g/mol. The molecule has 1 saturated carbocycles. The van der Waals surface area contributed by atoms with Crippen LogP contribution in [0.5, 0.6) is 5.75 Å². The Morgan fingerprint density at radius 2 is 1.81 bits per heavy atom. The molecule has 1 aliphatic carbocycles. The lowest BCUT2D eigenvalue weighted by molar-refractivity contribution is -0.121. The summed E-state index contributed by atoms with van der Waals surface area (Å²) in [5.74, 6) is 0.516. The number of anilines is 1. The van der Waals surface area contributed by atoms with E-state index in [2.05, 4.69) is 34.6 Å². The van der Waals surface area contributed by atoms with Gasteiger partial charge in [-0.3, -0.25) is 9.69 Å². The summed E-state index contributed by atoms with van der Waals surface area (Å²) in [7, 11) is 0. The largest absolute Gasteiger partial charge is 0.490 e. The average Bonchev–Trinajstić information content (AvgIpc) is 2.77. The van der Waals surface area contributed by atoms with Gasteiger partial charge >= 0.3 is 0 Å². The Bertz CT molecular complexity index is 848. The summed E-state index contributed by atoms with van der Waals surface area (Å²) in [6, 6.07) is 14.9. The Kier molecular flexibility index (Phi) is 7.20. The Morgan fingerprint density at radius 1 is 1.10 bits per heavy atom. The fourth-order valence-corrected chi connectivity index (χ4v) is 4.50. The van der Waals surface area contributed by atoms with Gasteiger partial charge in [-0.25, -0.2) is 4.39 Å². The predicted octanol–water partition coefficient (Wildman–Crippen LogP) is 4.20. The summed E-state index contributed by atoms with van der Waals surface area (Å²) >= 11 is 0. The van der Waals surface area contributed by atoms with Crippen LogP contribution in [-0.4, -0.2) is 42.6 Å². The minimum atomic E-state index is -0.265. The first-order valence-electron chi connectivity index (χ1n) is 11.3. The van der Waals surface area contributed by atoms with Gasteiger partial charge in [0.05, 0.1) is 6.10 Å². The second kappa shape index (κ2) is 10.2. The molecule has 1 heterocycles. The Hall–Kier alpha value is -2.44. The van der Waals surface area contributed by atoms with Crippen LogP contribution in [0.25, 0.3) is 0 Å². The van der Waals surface area contributed by atoms with Gasteiger partial charge in [0.15, 0.2) is 0 Å². The van der Waals surface area contributed by atoms with E-state index in [1.165, 1.54) is 17.7 Å². The SMILES string of the molecule is C[C@H]1CN(Cc2ccc(NC(=O)C3CCC(Oc4ccc(F)cc4)CC3)cc2)CCN1. The molecule has 1 atom stereocenters. The van der Waals surface area contributed by atoms with Crippen LogP contribution in [0.1, 0.15) is 38.2 Å². The van der Waals surface area contributed by atoms with E-state index in [4.69, 9.17) is 4.74 Å². The second-order valence-electron chi connectivity index (χ2n) is 8.82. The zero-order chi connectivity index (χ0) is 21.6. The van der Waals surface area contributed by atoms with Crippen LogP contribution in [0.2, 0.25) is 0 Å². The van der Waals surface area contributed by atoms with Gasteiger partial charge in [0.25, 0.3) is 0 Å². The van der Waals surface area contributed by atoms with Gasteiger partial charge < -0.3 is 15.4 Å². The Balaban J connectivity index is 1.22. The number of rotatable bonds is 6. The summed E-state index contributed by atoms with van der Waals surface area (Å²) in [6.07, 6.45) is 3.35. The van der Waals surface area contributed by atoms with Crippen molar-refractivity contribution >= 4 is 11.6 Å². The van der Waals surface area contributed by atoms with Crippen molar-refractivity contribution in [3.8, 4) is 5.75 Å². The van der Waals surface area contributed by atoms with Crippen LogP contribution in [0.15, 0.2) is 48.5 Å². The molecule has 0 aromatic heterocycles. The summed E-state index contributed by atoms with van der Waals surface area (Å²) in [5.41, 5.74) is 2.12. The van der Waals surface area contributed by atoms with Gasteiger partial charge in [0.2, 0.25) is 5.91 Å². The minimum absolute atomic E-state index is 0.00934. The number of carbonyl (C=O) groups excluding carboxylic acids is 1. The van der Waals surface area contributed by atoms with Gasteiger partial charge in [-0.1, -0.05) is 12.1 Å². The number of piperazine rings is 1. The van der Waals surface area contributed by atoms with E-state index in [9.17, 15) is 9.18 Å². The molecular formula is C25H32FN3O2. The molecule has 31 heavy (non-hydrogen) atoms. The molecule has 1 saturated heterocycles. The Morgan fingerprint density at radius 3 is 2.48 bits per heavy atom. The van der Waals surface area contributed by atoms with E-state index in [0.29, 0.717) is 11.8 Å². The number of carbonyl (C=O) groups is 1. The molecule has 2 fully saturated rings. The third-order valence-electron chi connectivity index (χ3n) is 6.24. The molecule has 2 aromatic carbocycles. The van der Waals surface area contributed by atoms with Crippen molar-refractivity contribution < 1.29 is 13.9 Å². The maximum absolute atomic E-state index is 13.0. The Labute approximate surface area is 184 Å². The van der Waals surface area contributed by atoms with Crippen molar-refractivity contribution in [2.24, 2.45) is 5.92 Å².